The first-order chi connectivity index (χ1) is 15.1. The molecule has 0 bridgehead atoms. The van der Waals surface area contributed by atoms with E-state index in [-0.39, 0.29) is 38.6 Å². The van der Waals surface area contributed by atoms with E-state index in [9.17, 15) is 0 Å². The maximum atomic E-state index is 4.50. The van der Waals surface area contributed by atoms with Gasteiger partial charge in [0.15, 0.2) is 0 Å². The molecule has 0 spiro atoms. The van der Waals surface area contributed by atoms with Gasteiger partial charge in [-0.15, -0.1) is 0 Å². The Balaban J connectivity index is -0.000000105. The molecule has 0 aliphatic carbocycles. The smallest absolute Gasteiger partial charge is 0.387 e. The third-order valence-corrected chi connectivity index (χ3v) is 2.20. The molecule has 0 saturated carbocycles. The van der Waals surface area contributed by atoms with E-state index in [0.29, 0.717) is 26.4 Å². The molecule has 0 amide bonds. The Bertz CT molecular complexity index is 384. The molecule has 0 saturated heterocycles. The van der Waals surface area contributed by atoms with Crippen molar-refractivity contribution < 1.29 is 60.2 Å². The first-order valence-electron chi connectivity index (χ1n) is 9.10. The number of thiocarbonyl (C=S) groups is 4. The van der Waals surface area contributed by atoms with E-state index in [0.717, 1.165) is 25.7 Å². The molecule has 0 aliphatic rings. The van der Waals surface area contributed by atoms with E-state index in [2.05, 4.69) is 138 Å². The standard InChI is InChI=1S/4C4H8O2S2.Mo/c4*1-2-3-5-6-4(7)8;/h4*2-3H2,1H3,(H,7,8);/q;;;;+4/p-4. The zero-order chi connectivity index (χ0) is 25.6. The van der Waals surface area contributed by atoms with Gasteiger partial charge in [-0.1, -0.05) is 27.7 Å². The number of rotatable bonds is 12. The van der Waals surface area contributed by atoms with Gasteiger partial charge in [-0.2, -0.15) is 19.6 Å². The Kier molecular flexibility index (Phi) is 53.5. The van der Waals surface area contributed by atoms with Gasteiger partial charge >= 0.3 is 21.1 Å². The zero-order valence-electron chi connectivity index (χ0n) is 18.6. The minimum atomic E-state index is 0. The SMILES string of the molecule is CCCOOC(=S)[S-].CCCOOC(=S)[S-].CCCOOC(=S)[S-].CCCOOC(=S)[S-].[Mo+4]. The van der Waals surface area contributed by atoms with Crippen LogP contribution in [0.3, 0.4) is 0 Å². The molecule has 0 aromatic carbocycles. The van der Waals surface area contributed by atoms with Crippen molar-refractivity contribution in [2.75, 3.05) is 26.4 Å². The summed E-state index contributed by atoms with van der Waals surface area (Å²) in [5.41, 5.74) is 0. The van der Waals surface area contributed by atoms with Crippen LogP contribution in [0.4, 0.5) is 0 Å². The van der Waals surface area contributed by atoms with Crippen LogP contribution in [0.5, 0.6) is 0 Å². The van der Waals surface area contributed by atoms with E-state index in [1.54, 1.807) is 0 Å². The molecule has 0 aromatic rings. The van der Waals surface area contributed by atoms with Crippen LogP contribution < -0.4 is 0 Å². The van der Waals surface area contributed by atoms with Gasteiger partial charge in [0.1, 0.15) is 0 Å². The van der Waals surface area contributed by atoms with Gasteiger partial charge in [-0.05, 0) is 25.7 Å². The molecule has 0 rings (SSSR count). The molecule has 0 N–H and O–H groups in total. The summed E-state index contributed by atoms with van der Waals surface area (Å²) >= 11 is 35.0. The van der Waals surface area contributed by atoms with Crippen molar-refractivity contribution in [2.24, 2.45) is 0 Å². The molecule has 8 nitrogen and oxygen atoms in total. The third-order valence-electron chi connectivity index (χ3n) is 1.66. The van der Waals surface area contributed by atoms with Gasteiger partial charge in [-0.25, -0.2) is 0 Å². The number of hydrogen-bond acceptors (Lipinski definition) is 16. The van der Waals surface area contributed by atoms with Crippen molar-refractivity contribution in [2.45, 2.75) is 53.4 Å². The average Bonchev–Trinajstić information content (AvgIpc) is 2.69. The minimum absolute atomic E-state index is 0. The fraction of sp³-hybridized carbons (Fsp3) is 0.750. The predicted octanol–water partition coefficient (Wildman–Crippen LogP) is 4.70. The van der Waals surface area contributed by atoms with Crippen molar-refractivity contribution in [1.82, 2.24) is 0 Å². The van der Waals surface area contributed by atoms with Crippen molar-refractivity contribution in [3.05, 3.63) is 0 Å². The second-order valence-electron chi connectivity index (χ2n) is 4.62. The average molecular weight is 701 g/mol. The minimum Gasteiger partial charge on any atom is -0.387 e. The van der Waals surface area contributed by atoms with Gasteiger partial charge in [0.2, 0.25) is 0 Å². The van der Waals surface area contributed by atoms with Crippen molar-refractivity contribution in [1.29, 1.82) is 0 Å². The second-order valence-corrected chi connectivity index (χ2v) is 8.62. The van der Waals surface area contributed by atoms with E-state index < -0.39 is 0 Å². The van der Waals surface area contributed by atoms with E-state index >= 15 is 0 Å². The molecule has 0 atom stereocenters. The Hall–Kier alpha value is 0.968. The van der Waals surface area contributed by atoms with Gasteiger partial charge in [-0.3, -0.25) is 0 Å². The van der Waals surface area contributed by atoms with Gasteiger partial charge < -0.3 is 119 Å². The quantitative estimate of drug-likeness (QED) is 0.0705. The predicted molar refractivity (Wildman–Crippen MR) is 149 cm³/mol. The Morgan fingerprint density at radius 3 is 0.697 bits per heavy atom. The summed E-state index contributed by atoms with van der Waals surface area (Å²) in [7, 11) is 0. The monoisotopic (exact) mass is 702 g/mol. The fourth-order valence-electron chi connectivity index (χ4n) is 0.692. The van der Waals surface area contributed by atoms with E-state index in [1.165, 1.54) is 0 Å². The summed E-state index contributed by atoms with van der Waals surface area (Å²) in [6.45, 7) is 10.0. The van der Waals surface area contributed by atoms with Crippen LogP contribution in [0.1, 0.15) is 53.4 Å². The van der Waals surface area contributed by atoms with Crippen LogP contribution >= 0.6 is 48.9 Å². The van der Waals surface area contributed by atoms with Gasteiger partial charge in [0.05, 0.1) is 44.0 Å². The molecule has 194 valence electrons. The van der Waals surface area contributed by atoms with Crippen LogP contribution in [-0.2, 0) is 111 Å². The largest absolute Gasteiger partial charge is 4.00 e. The van der Waals surface area contributed by atoms with Crippen LogP contribution in [0.25, 0.3) is 0 Å². The summed E-state index contributed by atoms with van der Waals surface area (Å²) in [6, 6.07) is 0. The zero-order valence-corrected chi connectivity index (χ0v) is 27.1. The normalized spacial score (nSPS) is 8.36. The summed E-state index contributed by atoms with van der Waals surface area (Å²) in [6.07, 6.45) is 3.60. The second kappa shape index (κ2) is 40.2. The van der Waals surface area contributed by atoms with Crippen LogP contribution in [-0.4, -0.2) is 44.0 Å². The maximum Gasteiger partial charge on any atom is 4.00 e. The van der Waals surface area contributed by atoms with Crippen LogP contribution in [0.15, 0.2) is 0 Å². The molecule has 17 heteroatoms. The summed E-state index contributed by atoms with van der Waals surface area (Å²) in [4.78, 5) is 35.3. The molecule has 0 fully saturated rings. The first-order valence-corrected chi connectivity index (χ1v) is 12.4. The van der Waals surface area contributed by atoms with Crippen molar-refractivity contribution in [3.63, 3.8) is 0 Å². The molecular weight excluding hydrogens is 673 g/mol. The molecule has 0 radical (unpaired) electrons. The Morgan fingerprint density at radius 1 is 0.455 bits per heavy atom. The van der Waals surface area contributed by atoms with E-state index in [4.69, 9.17) is 0 Å². The summed E-state index contributed by atoms with van der Waals surface area (Å²) < 4.78 is 0.0498. The Morgan fingerprint density at radius 2 is 0.606 bits per heavy atom. The van der Waals surface area contributed by atoms with Gasteiger partial charge in [0.25, 0.3) is 0 Å². The molecular formula is C16H28MoO8S8. The molecule has 0 aromatic heterocycles. The molecule has 0 aliphatic heterocycles. The van der Waals surface area contributed by atoms with Gasteiger partial charge in [0, 0.05) is 0 Å². The maximum absolute atomic E-state index is 4.50. The van der Waals surface area contributed by atoms with Crippen LogP contribution in [0.2, 0.25) is 0 Å². The Labute approximate surface area is 254 Å². The summed E-state index contributed by atoms with van der Waals surface area (Å²) in [5.74, 6) is 0. The fourth-order valence-corrected chi connectivity index (χ4v) is 1.08. The first kappa shape index (κ1) is 44.0. The number of hydrogen-bond donors (Lipinski definition) is 0. The molecule has 0 unspecified atom stereocenters. The molecule has 0 heterocycles. The summed E-state index contributed by atoms with van der Waals surface area (Å²) in [5, 5.41) is 0. The van der Waals surface area contributed by atoms with Crippen molar-refractivity contribution in [3.8, 4) is 0 Å². The molecule has 33 heavy (non-hydrogen) atoms. The third kappa shape index (κ3) is 71.9. The van der Waals surface area contributed by atoms with E-state index in [1.807, 2.05) is 27.7 Å². The van der Waals surface area contributed by atoms with Crippen LogP contribution in [0, 0.1) is 0 Å². The van der Waals surface area contributed by atoms with Crippen molar-refractivity contribution >= 4 is 117 Å². The topological polar surface area (TPSA) is 73.8 Å².